The monoisotopic (exact) mass is 398 g/mol. The molecule has 1 aliphatic rings. The van der Waals surface area contributed by atoms with Crippen LogP contribution >= 0.6 is 0 Å². The Morgan fingerprint density at radius 1 is 1.16 bits per heavy atom. The molecule has 6 heteroatoms. The standard InChI is InChI=1S/C9H13.C2H5NO.C2H7Si.2ClH.Zr/c1-6-5-7(2)9(4)8(6)3;1-2(3)4;1-3-2;;;/h6H,1-4H3;1H3,(H2,3,4);3H,1-2H3;2*1H;/q;;;;;+3/p-3. The fourth-order valence-electron chi connectivity index (χ4n) is 2.51. The van der Waals surface area contributed by atoms with Crippen molar-refractivity contribution in [2.45, 2.75) is 47.7 Å². The number of allylic oxidation sites excluding steroid dienone is 4. The number of nitrogens with one attached hydrogen (secondary N) is 1. The van der Waals surface area contributed by atoms with Gasteiger partial charge in [-0.2, -0.15) is 0 Å². The molecular formula is C13H24Cl2NOSiZr. The molecule has 0 heterocycles. The Bertz CT molecular complexity index is 407. The van der Waals surface area contributed by atoms with Gasteiger partial charge >= 0.3 is 115 Å². The zero-order chi connectivity index (χ0) is 13.3. The fourth-order valence-corrected chi connectivity index (χ4v) is 18.5. The minimum Gasteiger partial charge on any atom is -1.00 e. The van der Waals surface area contributed by atoms with E-state index in [1.165, 1.54) is 16.7 Å². The first-order chi connectivity index (χ1) is 7.77. The molecule has 1 atom stereocenters. The second kappa shape index (κ2) is 8.81. The summed E-state index contributed by atoms with van der Waals surface area (Å²) in [6.07, 6.45) is 0. The van der Waals surface area contributed by atoms with E-state index in [1.807, 2.05) is 0 Å². The van der Waals surface area contributed by atoms with Crippen LogP contribution in [0.25, 0.3) is 0 Å². The minimum atomic E-state index is -1.87. The topological polar surface area (TPSA) is 29.1 Å². The molecule has 0 radical (unpaired) electrons. The van der Waals surface area contributed by atoms with Crippen molar-refractivity contribution < 1.29 is 50.8 Å². The van der Waals surface area contributed by atoms with Crippen molar-refractivity contribution in [3.63, 3.8) is 0 Å². The van der Waals surface area contributed by atoms with Crippen LogP contribution in [0.15, 0.2) is 20.0 Å². The maximum atomic E-state index is 11.4. The third kappa shape index (κ3) is 4.84. The molecule has 2 nitrogen and oxygen atoms in total. The Morgan fingerprint density at radius 3 is 1.89 bits per heavy atom. The van der Waals surface area contributed by atoms with Crippen LogP contribution in [0.3, 0.4) is 0 Å². The van der Waals surface area contributed by atoms with E-state index >= 15 is 0 Å². The van der Waals surface area contributed by atoms with Gasteiger partial charge < -0.3 is 24.8 Å². The largest absolute Gasteiger partial charge is 1.00 e. The second-order valence-corrected chi connectivity index (χ2v) is 23.5. The van der Waals surface area contributed by atoms with Crippen LogP contribution in [0, 0.1) is 5.92 Å². The first-order valence-corrected chi connectivity index (χ1v) is 15.9. The summed E-state index contributed by atoms with van der Waals surface area (Å²) >= 11 is -1.87. The number of halogens is 2. The summed E-state index contributed by atoms with van der Waals surface area (Å²) in [6.45, 7) is 15.5. The SMILES string of the molecule is CC(=O)[NH][Zr+2]([C]1=C(C)C(C)=C(C)C1C)[SiH](C)C.[Cl-].[Cl-]. The molecule has 1 unspecified atom stereocenters. The van der Waals surface area contributed by atoms with Gasteiger partial charge in [0.2, 0.25) is 0 Å². The van der Waals surface area contributed by atoms with Crippen molar-refractivity contribution in [1.29, 1.82) is 0 Å². The summed E-state index contributed by atoms with van der Waals surface area (Å²) < 4.78 is 5.01. The Morgan fingerprint density at radius 2 is 1.63 bits per heavy atom. The predicted octanol–water partition coefficient (Wildman–Crippen LogP) is -3.09. The van der Waals surface area contributed by atoms with Gasteiger partial charge in [-0.1, -0.05) is 0 Å². The van der Waals surface area contributed by atoms with Crippen LogP contribution in [0.4, 0.5) is 0 Å². The molecule has 19 heavy (non-hydrogen) atoms. The van der Waals surface area contributed by atoms with Crippen LogP contribution in [-0.2, 0) is 26.0 Å². The zero-order valence-corrected chi connectivity index (χ0v) is 17.9. The molecule has 1 aliphatic carbocycles. The van der Waals surface area contributed by atoms with Crippen molar-refractivity contribution in [3.05, 3.63) is 20.0 Å². The Labute approximate surface area is 139 Å². The number of amides is 1. The Hall–Kier alpha value is 0.630. The fraction of sp³-hybridized carbons (Fsp3) is 0.615. The van der Waals surface area contributed by atoms with Crippen molar-refractivity contribution in [2.75, 3.05) is 0 Å². The average molecular weight is 401 g/mol. The number of hydrogen-bond acceptors (Lipinski definition) is 1. The van der Waals surface area contributed by atoms with Crippen LogP contribution in [0.5, 0.6) is 0 Å². The van der Waals surface area contributed by atoms with E-state index in [2.05, 4.69) is 44.0 Å². The molecule has 0 saturated carbocycles. The van der Waals surface area contributed by atoms with E-state index in [0.717, 1.165) is 0 Å². The molecule has 0 spiro atoms. The maximum Gasteiger partial charge on any atom is -1.00 e. The molecular weight excluding hydrogens is 376 g/mol. The van der Waals surface area contributed by atoms with Crippen LogP contribution in [0.2, 0.25) is 13.1 Å². The normalized spacial score (nSPS) is 18.2. The number of carbonyl (C=O) groups is 1. The van der Waals surface area contributed by atoms with Gasteiger partial charge in [0.25, 0.3) is 0 Å². The van der Waals surface area contributed by atoms with E-state index in [4.69, 9.17) is 0 Å². The molecule has 1 amide bonds. The second-order valence-electron chi connectivity index (χ2n) is 5.32. The molecule has 0 fully saturated rings. The third-order valence-corrected chi connectivity index (χ3v) is 21.1. The van der Waals surface area contributed by atoms with Gasteiger partial charge in [-0.05, 0) is 0 Å². The summed E-state index contributed by atoms with van der Waals surface area (Å²) in [5.74, 6) is 0.00527. The van der Waals surface area contributed by atoms with Gasteiger partial charge in [0.15, 0.2) is 0 Å². The maximum absolute atomic E-state index is 11.4. The number of carbonyl (C=O) groups excluding carboxylic acids is 1. The van der Waals surface area contributed by atoms with Gasteiger partial charge in [0, 0.05) is 0 Å². The van der Waals surface area contributed by atoms with Crippen LogP contribution < -0.4 is 28.1 Å². The summed E-state index contributed by atoms with van der Waals surface area (Å²) in [4.78, 5) is 11.4. The first kappa shape index (κ1) is 21.9. The van der Waals surface area contributed by atoms with E-state index < -0.39 is 27.1 Å². The average Bonchev–Trinajstić information content (AvgIpc) is 2.40. The van der Waals surface area contributed by atoms with Crippen LogP contribution in [0.1, 0.15) is 34.6 Å². The Kier molecular flexibility index (Phi) is 10.2. The first-order valence-electron chi connectivity index (χ1n) is 6.30. The molecule has 0 aliphatic heterocycles. The summed E-state index contributed by atoms with van der Waals surface area (Å²) in [5.41, 5.74) is 4.46. The quantitative estimate of drug-likeness (QED) is 0.500. The number of hydrogen-bond donors (Lipinski definition) is 1. The van der Waals surface area contributed by atoms with Crippen LogP contribution in [-0.4, -0.2) is 11.8 Å². The van der Waals surface area contributed by atoms with Crippen molar-refractivity contribution in [2.24, 2.45) is 5.92 Å². The minimum absolute atomic E-state index is 0. The smallest absolute Gasteiger partial charge is 1.00 e. The van der Waals surface area contributed by atoms with E-state index in [0.29, 0.717) is 5.92 Å². The van der Waals surface area contributed by atoms with E-state index in [9.17, 15) is 4.79 Å². The molecule has 0 aromatic heterocycles. The number of rotatable bonds is 3. The van der Waals surface area contributed by atoms with Crippen molar-refractivity contribution >= 4 is 11.8 Å². The summed E-state index contributed by atoms with van der Waals surface area (Å²) in [7, 11) is 0. The molecule has 1 rings (SSSR count). The predicted molar refractivity (Wildman–Crippen MR) is 72.9 cm³/mol. The van der Waals surface area contributed by atoms with Gasteiger partial charge in [-0.3, -0.25) is 0 Å². The molecule has 109 valence electrons. The van der Waals surface area contributed by atoms with Gasteiger partial charge in [0.05, 0.1) is 0 Å². The molecule has 0 aromatic carbocycles. The van der Waals surface area contributed by atoms with Gasteiger partial charge in [0.1, 0.15) is 0 Å². The van der Waals surface area contributed by atoms with E-state index in [-0.39, 0.29) is 30.7 Å². The van der Waals surface area contributed by atoms with Crippen molar-refractivity contribution in [3.8, 4) is 0 Å². The Balaban J connectivity index is 0. The van der Waals surface area contributed by atoms with Crippen molar-refractivity contribution in [1.82, 2.24) is 3.26 Å². The molecule has 0 saturated heterocycles. The summed E-state index contributed by atoms with van der Waals surface area (Å²) in [6, 6.07) is 0. The molecule has 1 N–H and O–H groups in total. The summed E-state index contributed by atoms with van der Waals surface area (Å²) in [5, 5.41) is 0. The molecule has 0 bridgehead atoms. The molecule has 0 aromatic rings. The van der Waals surface area contributed by atoms with E-state index in [1.54, 1.807) is 10.2 Å². The zero-order valence-electron chi connectivity index (χ0n) is 12.8. The van der Waals surface area contributed by atoms with Gasteiger partial charge in [-0.25, -0.2) is 0 Å². The third-order valence-electron chi connectivity index (χ3n) is 3.82. The van der Waals surface area contributed by atoms with Gasteiger partial charge in [-0.15, -0.1) is 0 Å².